The highest BCUT2D eigenvalue weighted by molar-refractivity contribution is 5.79. The number of nitrogens with zero attached hydrogens (tertiary/aromatic N) is 4. The molecule has 0 saturated carbocycles. The van der Waals surface area contributed by atoms with Gasteiger partial charge in [-0.3, -0.25) is 4.99 Å². The summed E-state index contributed by atoms with van der Waals surface area (Å²) >= 11 is 0. The summed E-state index contributed by atoms with van der Waals surface area (Å²) in [6, 6.07) is 0. The fourth-order valence-corrected chi connectivity index (χ4v) is 2.32. The molecule has 2 N–H and O–H groups in total. The van der Waals surface area contributed by atoms with Crippen LogP contribution in [0.1, 0.15) is 51.2 Å². The van der Waals surface area contributed by atoms with E-state index in [0.29, 0.717) is 11.8 Å². The molecule has 0 unspecified atom stereocenters. The van der Waals surface area contributed by atoms with Crippen LogP contribution >= 0.6 is 0 Å². The van der Waals surface area contributed by atoms with Crippen LogP contribution in [0.2, 0.25) is 0 Å². The molecule has 0 radical (unpaired) electrons. The van der Waals surface area contributed by atoms with Crippen LogP contribution in [0.4, 0.5) is 0 Å². The van der Waals surface area contributed by atoms with E-state index < -0.39 is 0 Å². The van der Waals surface area contributed by atoms with Crippen molar-refractivity contribution in [3.8, 4) is 0 Å². The molecule has 0 aliphatic rings. The third-order valence-electron chi connectivity index (χ3n) is 3.84. The van der Waals surface area contributed by atoms with E-state index in [4.69, 9.17) is 9.26 Å². The number of hydrogen-bond donors (Lipinski definition) is 2. The van der Waals surface area contributed by atoms with Gasteiger partial charge in [0.2, 0.25) is 5.89 Å². The van der Waals surface area contributed by atoms with E-state index in [9.17, 15) is 0 Å². The van der Waals surface area contributed by atoms with Gasteiger partial charge in [0.25, 0.3) is 0 Å². The predicted molar refractivity (Wildman–Crippen MR) is 105 cm³/mol. The number of guanidine groups is 1. The molecule has 0 atom stereocenters. The second-order valence-corrected chi connectivity index (χ2v) is 6.64. The summed E-state index contributed by atoms with van der Waals surface area (Å²) < 4.78 is 10.3. The van der Waals surface area contributed by atoms with Crippen LogP contribution in [0.25, 0.3) is 0 Å². The van der Waals surface area contributed by atoms with Gasteiger partial charge in [0.1, 0.15) is 0 Å². The highest BCUT2D eigenvalue weighted by atomic mass is 16.5. The summed E-state index contributed by atoms with van der Waals surface area (Å²) in [6.07, 6.45) is 2.69. The van der Waals surface area contributed by atoms with E-state index >= 15 is 0 Å². The van der Waals surface area contributed by atoms with Gasteiger partial charge in [0, 0.05) is 58.8 Å². The Morgan fingerprint density at radius 3 is 2.73 bits per heavy atom. The molecule has 0 aliphatic heterocycles. The lowest BCUT2D eigenvalue weighted by atomic mass is 10.2. The smallest absolute Gasteiger partial charge is 0.226 e. The summed E-state index contributed by atoms with van der Waals surface area (Å²) in [7, 11) is 3.86. The summed E-state index contributed by atoms with van der Waals surface area (Å²) in [5.74, 6) is 2.61. The molecule has 0 bridgehead atoms. The number of methoxy groups -OCH3 is 1. The Balaban J connectivity index is 2.27. The lowest BCUT2D eigenvalue weighted by Gasteiger charge is -2.18. The van der Waals surface area contributed by atoms with Crippen molar-refractivity contribution < 1.29 is 9.26 Å². The molecule has 0 amide bonds. The van der Waals surface area contributed by atoms with Crippen molar-refractivity contribution in [2.45, 2.75) is 46.0 Å². The minimum absolute atomic E-state index is 0.294. The maximum Gasteiger partial charge on any atom is 0.226 e. The minimum Gasteiger partial charge on any atom is -0.385 e. The van der Waals surface area contributed by atoms with Crippen molar-refractivity contribution in [1.82, 2.24) is 25.7 Å². The zero-order chi connectivity index (χ0) is 19.2. The molecule has 0 saturated heterocycles. The van der Waals surface area contributed by atoms with E-state index in [0.717, 1.165) is 70.4 Å². The number of nitrogens with one attached hydrogen (secondary N) is 2. The van der Waals surface area contributed by atoms with Gasteiger partial charge in [-0.25, -0.2) is 0 Å². The average molecular weight is 369 g/mol. The normalized spacial score (nSPS) is 12.2. The number of likely N-dealkylation sites (N-methyl/N-ethyl adjacent to an activating group) is 1. The van der Waals surface area contributed by atoms with Gasteiger partial charge in [-0.15, -0.1) is 0 Å². The Labute approximate surface area is 157 Å². The fraction of sp³-hybridized carbons (Fsp3) is 0.833. The predicted octanol–water partition coefficient (Wildman–Crippen LogP) is 1.65. The van der Waals surface area contributed by atoms with Gasteiger partial charge in [0.05, 0.1) is 0 Å². The van der Waals surface area contributed by atoms with Crippen molar-refractivity contribution in [1.29, 1.82) is 0 Å². The standard InChI is InChI=1S/C18H36N6O2/c1-6-19-18(21-11-13-24(4)12-8-14-25-5)20-10-7-9-16-22-17(15(2)3)23-26-16/h15H,6-14H2,1-5H3,(H2,19,20,21). The first-order valence-corrected chi connectivity index (χ1v) is 9.59. The van der Waals surface area contributed by atoms with Crippen LogP contribution in [0.15, 0.2) is 9.52 Å². The van der Waals surface area contributed by atoms with Gasteiger partial charge in [0.15, 0.2) is 11.8 Å². The number of ether oxygens (including phenoxy) is 1. The second kappa shape index (κ2) is 13.5. The Bertz CT molecular complexity index is 504. The fourth-order valence-electron chi connectivity index (χ4n) is 2.32. The third kappa shape index (κ3) is 9.72. The van der Waals surface area contributed by atoms with Crippen molar-refractivity contribution in [3.05, 3.63) is 11.7 Å². The maximum atomic E-state index is 5.26. The molecule has 1 aromatic rings. The summed E-state index contributed by atoms with van der Waals surface area (Å²) in [4.78, 5) is 11.3. The molecule has 8 heteroatoms. The van der Waals surface area contributed by atoms with Crippen molar-refractivity contribution in [3.63, 3.8) is 0 Å². The quantitative estimate of drug-likeness (QED) is 0.311. The van der Waals surface area contributed by atoms with Crippen molar-refractivity contribution in [2.24, 2.45) is 4.99 Å². The molecule has 150 valence electrons. The molecule has 0 fully saturated rings. The molecule has 0 aliphatic carbocycles. The van der Waals surface area contributed by atoms with E-state index in [1.54, 1.807) is 7.11 Å². The van der Waals surface area contributed by atoms with E-state index in [-0.39, 0.29) is 0 Å². The summed E-state index contributed by atoms with van der Waals surface area (Å²) in [5.41, 5.74) is 0. The third-order valence-corrected chi connectivity index (χ3v) is 3.84. The van der Waals surface area contributed by atoms with Crippen LogP contribution in [-0.2, 0) is 11.2 Å². The first-order valence-electron chi connectivity index (χ1n) is 9.59. The van der Waals surface area contributed by atoms with E-state index in [1.807, 2.05) is 0 Å². The molecular weight excluding hydrogens is 332 g/mol. The molecular formula is C18H36N6O2. The average Bonchev–Trinajstić information content (AvgIpc) is 3.08. The van der Waals surface area contributed by atoms with Crippen molar-refractivity contribution in [2.75, 3.05) is 53.5 Å². The van der Waals surface area contributed by atoms with Gasteiger partial charge in [-0.1, -0.05) is 19.0 Å². The van der Waals surface area contributed by atoms with Gasteiger partial charge in [-0.2, -0.15) is 4.98 Å². The Hall–Kier alpha value is -1.67. The molecule has 26 heavy (non-hydrogen) atoms. The SMILES string of the molecule is CCNC(=NCCCc1nc(C(C)C)no1)NCCN(C)CCCOC. The number of aliphatic imine (C=N–C) groups is 1. The van der Waals surface area contributed by atoms with Crippen LogP contribution in [0.5, 0.6) is 0 Å². The molecule has 0 aromatic carbocycles. The minimum atomic E-state index is 0.294. The molecule has 1 heterocycles. The van der Waals surface area contributed by atoms with Crippen molar-refractivity contribution >= 4 is 5.96 Å². The Kier molecular flexibility index (Phi) is 11.6. The van der Waals surface area contributed by atoms with E-state index in [2.05, 4.69) is 58.5 Å². The monoisotopic (exact) mass is 368 g/mol. The molecule has 1 aromatic heterocycles. The topological polar surface area (TPSA) is 87.8 Å². The van der Waals surface area contributed by atoms with Crippen LogP contribution < -0.4 is 10.6 Å². The van der Waals surface area contributed by atoms with Gasteiger partial charge in [-0.05, 0) is 26.8 Å². The van der Waals surface area contributed by atoms with E-state index in [1.165, 1.54) is 0 Å². The van der Waals surface area contributed by atoms with Crippen LogP contribution in [0.3, 0.4) is 0 Å². The zero-order valence-corrected chi connectivity index (χ0v) is 17.0. The summed E-state index contributed by atoms with van der Waals surface area (Å²) in [6.45, 7) is 11.4. The number of aryl methyl sites for hydroxylation is 1. The summed E-state index contributed by atoms with van der Waals surface area (Å²) in [5, 5.41) is 10.6. The zero-order valence-electron chi connectivity index (χ0n) is 17.0. The number of hydrogen-bond acceptors (Lipinski definition) is 6. The molecule has 0 spiro atoms. The maximum absolute atomic E-state index is 5.26. The first-order chi connectivity index (χ1) is 12.6. The number of rotatable bonds is 13. The highest BCUT2D eigenvalue weighted by Crippen LogP contribution is 2.10. The Morgan fingerprint density at radius 1 is 1.27 bits per heavy atom. The second-order valence-electron chi connectivity index (χ2n) is 6.64. The largest absolute Gasteiger partial charge is 0.385 e. The lowest BCUT2D eigenvalue weighted by molar-refractivity contribution is 0.180. The number of aromatic nitrogens is 2. The highest BCUT2D eigenvalue weighted by Gasteiger charge is 2.09. The lowest BCUT2D eigenvalue weighted by Crippen LogP contribution is -2.41. The van der Waals surface area contributed by atoms with Crippen LogP contribution in [0, 0.1) is 0 Å². The van der Waals surface area contributed by atoms with Crippen LogP contribution in [-0.4, -0.2) is 74.5 Å². The Morgan fingerprint density at radius 2 is 2.08 bits per heavy atom. The molecule has 1 rings (SSSR count). The van der Waals surface area contributed by atoms with Gasteiger partial charge < -0.3 is 24.8 Å². The first kappa shape index (κ1) is 22.4. The molecule has 8 nitrogen and oxygen atoms in total. The van der Waals surface area contributed by atoms with Gasteiger partial charge >= 0.3 is 0 Å².